The molecule has 0 amide bonds. The second-order valence-electron chi connectivity index (χ2n) is 14.0. The van der Waals surface area contributed by atoms with E-state index in [1.807, 2.05) is 121 Å². The van der Waals surface area contributed by atoms with Gasteiger partial charge < -0.3 is 28.8 Å². The topological polar surface area (TPSA) is 83.5 Å². The molecule has 0 radical (unpaired) electrons. The Balaban J connectivity index is 0.000000287. The molecule has 0 aromatic heterocycles. The third kappa shape index (κ3) is 14.1. The number of esters is 1. The molecule has 2 heterocycles. The first-order valence-electron chi connectivity index (χ1n) is 18.5. The minimum absolute atomic E-state index is 0. The van der Waals surface area contributed by atoms with Crippen molar-refractivity contribution >= 4 is 29.5 Å². The van der Waals surface area contributed by atoms with Crippen LogP contribution in [0, 0.1) is 23.7 Å². The van der Waals surface area contributed by atoms with Crippen LogP contribution in [-0.2, 0) is 41.7 Å². The molecule has 0 spiro atoms. The summed E-state index contributed by atoms with van der Waals surface area (Å²) in [7, 11) is 0. The summed E-state index contributed by atoms with van der Waals surface area (Å²) in [5.41, 5.74) is 1.57. The summed E-state index contributed by atoms with van der Waals surface area (Å²) >= 11 is 3.14. The van der Waals surface area contributed by atoms with Crippen molar-refractivity contribution in [3.8, 4) is 0 Å². The zero-order chi connectivity index (χ0) is 37.6. The van der Waals surface area contributed by atoms with E-state index in [0.717, 1.165) is 20.9 Å². The number of rotatable bonds is 11. The van der Waals surface area contributed by atoms with Gasteiger partial charge in [-0.2, -0.15) is 0 Å². The Morgan fingerprint density at radius 2 is 0.982 bits per heavy atom. The van der Waals surface area contributed by atoms with E-state index in [9.17, 15) is 9.90 Å². The number of hydrogen-bond donors (Lipinski definition) is 1. The van der Waals surface area contributed by atoms with Crippen molar-refractivity contribution in [2.45, 2.75) is 108 Å². The smallest absolute Gasteiger partial charge is 0.303 e. The molecule has 7 nitrogen and oxygen atoms in total. The monoisotopic (exact) mass is 790 g/mol. The zero-order valence-electron chi connectivity index (χ0n) is 31.4. The summed E-state index contributed by atoms with van der Waals surface area (Å²) < 4.78 is 30.5. The van der Waals surface area contributed by atoms with E-state index in [1.54, 1.807) is 23.5 Å². The molecule has 1 N–H and O–H groups in total. The van der Waals surface area contributed by atoms with Crippen molar-refractivity contribution in [2.24, 2.45) is 23.7 Å². The number of hydrogen-bond acceptors (Lipinski definition) is 9. The summed E-state index contributed by atoms with van der Waals surface area (Å²) in [4.78, 5) is 14.1. The number of carbonyl (C=O) groups excluding carboxylic acids is 1. The molecule has 2 aliphatic rings. The highest BCUT2D eigenvalue weighted by Crippen LogP contribution is 2.38. The number of aliphatic hydroxyl groups is 1. The highest BCUT2D eigenvalue weighted by Gasteiger charge is 2.43. The van der Waals surface area contributed by atoms with Crippen LogP contribution >= 0.6 is 23.5 Å². The molecule has 10 atom stereocenters. The number of ether oxygens (including phenoxy) is 5. The molecule has 300 valence electrons. The Kier molecular flexibility index (Phi) is 20.0. The molecular formula is C46H62O7S2. The van der Waals surface area contributed by atoms with Gasteiger partial charge >= 0.3 is 5.97 Å². The fourth-order valence-electron chi connectivity index (χ4n) is 6.37. The third-order valence-corrected chi connectivity index (χ3v) is 12.3. The Labute approximate surface area is 338 Å². The van der Waals surface area contributed by atoms with E-state index in [2.05, 4.69) is 27.7 Å². The van der Waals surface area contributed by atoms with Gasteiger partial charge in [-0.1, -0.05) is 163 Å². The highest BCUT2D eigenvalue weighted by atomic mass is 32.2. The van der Waals surface area contributed by atoms with Gasteiger partial charge in [-0.3, -0.25) is 4.79 Å². The van der Waals surface area contributed by atoms with Gasteiger partial charge in [0.2, 0.25) is 0 Å². The van der Waals surface area contributed by atoms with Crippen molar-refractivity contribution in [2.75, 3.05) is 13.2 Å². The SMILES string of the molecule is C.C.CC(=O)O[C@H]1[C@@H](OCc2ccccc2)[C@H](C)[C@H](C)CO[C@@H]1Sc1ccccc1.C[C@H]1[C@H](OCc2ccccc2)[C@H](O)[C@@H](Sc2ccccc2)OC[C@H]1C. The van der Waals surface area contributed by atoms with Crippen LogP contribution in [0.5, 0.6) is 0 Å². The van der Waals surface area contributed by atoms with Crippen LogP contribution in [0.15, 0.2) is 131 Å². The number of thioether (sulfide) groups is 2. The number of aliphatic hydroxyl groups excluding tert-OH is 1. The molecule has 4 aromatic carbocycles. The molecule has 4 aromatic rings. The Bertz CT molecular complexity index is 1610. The Morgan fingerprint density at radius 1 is 0.600 bits per heavy atom. The summed E-state index contributed by atoms with van der Waals surface area (Å²) in [6.07, 6.45) is -1.65. The first-order chi connectivity index (χ1) is 25.7. The second-order valence-corrected chi connectivity index (χ2v) is 16.4. The van der Waals surface area contributed by atoms with Crippen LogP contribution in [0.4, 0.5) is 0 Å². The predicted molar refractivity (Wildman–Crippen MR) is 226 cm³/mol. The van der Waals surface area contributed by atoms with Crippen molar-refractivity contribution in [1.29, 1.82) is 0 Å². The van der Waals surface area contributed by atoms with Crippen molar-refractivity contribution in [3.63, 3.8) is 0 Å². The van der Waals surface area contributed by atoms with Gasteiger partial charge in [-0.25, -0.2) is 0 Å². The predicted octanol–water partition coefficient (Wildman–Crippen LogP) is 10.5. The molecule has 2 saturated heterocycles. The van der Waals surface area contributed by atoms with Gasteiger partial charge in [-0.15, -0.1) is 0 Å². The van der Waals surface area contributed by atoms with E-state index in [1.165, 1.54) is 6.92 Å². The van der Waals surface area contributed by atoms with Crippen molar-refractivity contribution in [1.82, 2.24) is 0 Å². The van der Waals surface area contributed by atoms with Crippen LogP contribution in [0.2, 0.25) is 0 Å². The molecular weight excluding hydrogens is 729 g/mol. The van der Waals surface area contributed by atoms with Crippen LogP contribution in [0.3, 0.4) is 0 Å². The highest BCUT2D eigenvalue weighted by molar-refractivity contribution is 8.00. The summed E-state index contributed by atoms with van der Waals surface area (Å²) in [5.74, 6) is 0.717. The van der Waals surface area contributed by atoms with Gasteiger partial charge in [0.1, 0.15) is 23.1 Å². The lowest BCUT2D eigenvalue weighted by molar-refractivity contribution is -0.164. The van der Waals surface area contributed by atoms with E-state index >= 15 is 0 Å². The maximum atomic E-state index is 11.9. The number of carbonyl (C=O) groups is 1. The maximum absolute atomic E-state index is 11.9. The summed E-state index contributed by atoms with van der Waals surface area (Å²) in [6, 6.07) is 40.3. The second kappa shape index (κ2) is 23.8. The molecule has 0 aliphatic carbocycles. The molecule has 2 aliphatic heterocycles. The van der Waals surface area contributed by atoms with Gasteiger partial charge in [-0.05, 0) is 59.1 Å². The van der Waals surface area contributed by atoms with Crippen LogP contribution < -0.4 is 0 Å². The molecule has 0 saturated carbocycles. The van der Waals surface area contributed by atoms with Crippen LogP contribution in [0.1, 0.15) is 60.6 Å². The normalized spacial score (nSPS) is 27.7. The molecule has 0 bridgehead atoms. The average Bonchev–Trinajstić information content (AvgIpc) is 3.35. The minimum Gasteiger partial charge on any atom is -0.456 e. The lowest BCUT2D eigenvalue weighted by atomic mass is 9.89. The quantitative estimate of drug-likeness (QED) is 0.149. The number of benzene rings is 4. The molecule has 9 heteroatoms. The average molecular weight is 791 g/mol. The lowest BCUT2D eigenvalue weighted by Gasteiger charge is -2.33. The maximum Gasteiger partial charge on any atom is 0.303 e. The van der Waals surface area contributed by atoms with Gasteiger partial charge in [0.15, 0.2) is 6.10 Å². The van der Waals surface area contributed by atoms with Crippen LogP contribution in [-0.4, -0.2) is 59.6 Å². The van der Waals surface area contributed by atoms with Crippen molar-refractivity contribution in [3.05, 3.63) is 132 Å². The lowest BCUT2D eigenvalue weighted by Crippen LogP contribution is -2.44. The van der Waals surface area contributed by atoms with Gasteiger partial charge in [0, 0.05) is 16.7 Å². The summed E-state index contributed by atoms with van der Waals surface area (Å²) in [6.45, 7) is 12.3. The van der Waals surface area contributed by atoms with Crippen molar-refractivity contribution < 1.29 is 33.6 Å². The molecule has 0 unspecified atom stereocenters. The molecule has 55 heavy (non-hydrogen) atoms. The molecule has 2 fully saturated rings. The van der Waals surface area contributed by atoms with Gasteiger partial charge in [0.25, 0.3) is 0 Å². The summed E-state index contributed by atoms with van der Waals surface area (Å²) in [5, 5.41) is 11.0. The fourth-order valence-corrected chi connectivity index (χ4v) is 8.47. The first-order valence-corrected chi connectivity index (χ1v) is 20.3. The van der Waals surface area contributed by atoms with Crippen LogP contribution in [0.25, 0.3) is 0 Å². The van der Waals surface area contributed by atoms with E-state index in [0.29, 0.717) is 38.3 Å². The third-order valence-electron chi connectivity index (χ3n) is 9.95. The van der Waals surface area contributed by atoms with E-state index < -0.39 is 12.2 Å². The van der Waals surface area contributed by atoms with Gasteiger partial charge in [0.05, 0.1) is 32.5 Å². The zero-order valence-corrected chi connectivity index (χ0v) is 33.0. The Morgan fingerprint density at radius 3 is 1.44 bits per heavy atom. The van der Waals surface area contributed by atoms with E-state index in [-0.39, 0.29) is 55.7 Å². The Hall–Kier alpha value is -3.15. The largest absolute Gasteiger partial charge is 0.456 e. The molecule has 6 rings (SSSR count). The van der Waals surface area contributed by atoms with E-state index in [4.69, 9.17) is 23.7 Å². The standard InChI is InChI=1S/C23H28O4S.C21H26O3S.2CH4/c1-16-14-26-23(28-20-12-8-5-9-13-20)22(27-18(3)24)21(17(16)2)25-15-19-10-6-4-7-11-19;1-15-13-24-21(25-18-11-7-4-8-12-18)19(22)20(16(15)2)23-14-17-9-5-3-6-10-17;;/h4-13,16-17,21-23H,14-15H2,1-3H3;3-12,15-16,19-22H,13-14H2,1-2H3;2*1H4/t16-,17-,21+,22+,23-;15-,16-,19+,20+,21-;;/m11../s1. The first kappa shape index (κ1) is 46.2. The minimum atomic E-state index is -0.672. The fraction of sp³-hybridized carbons (Fsp3) is 0.457.